The molecule has 6 heteroatoms. The Labute approximate surface area is 256 Å². The van der Waals surface area contributed by atoms with Gasteiger partial charge in [-0.15, -0.1) is 0 Å². The number of allylic oxidation sites excluding steroid dienone is 4. The molecule has 0 aliphatic heterocycles. The summed E-state index contributed by atoms with van der Waals surface area (Å²) in [6.07, 6.45) is 6.23. The van der Waals surface area contributed by atoms with Crippen molar-refractivity contribution < 1.29 is 19.1 Å². The minimum Gasteiger partial charge on any atom is -0.467 e. The van der Waals surface area contributed by atoms with E-state index in [1.54, 1.807) is 12.2 Å². The van der Waals surface area contributed by atoms with Crippen LogP contribution >= 0.6 is 0 Å². The van der Waals surface area contributed by atoms with E-state index in [0.717, 1.165) is 33.4 Å². The van der Waals surface area contributed by atoms with Crippen molar-refractivity contribution >= 4 is 23.1 Å². The fourth-order valence-corrected chi connectivity index (χ4v) is 4.24. The number of rotatable bonds is 11. The van der Waals surface area contributed by atoms with Crippen molar-refractivity contribution in [1.82, 2.24) is 0 Å². The van der Waals surface area contributed by atoms with Crippen LogP contribution in [0, 0.1) is 17.9 Å². The number of ether oxygens (including phenoxy) is 2. The number of nitrogens with zero attached hydrogens (tertiary/aromatic N) is 2. The highest BCUT2D eigenvalue weighted by Crippen LogP contribution is 2.25. The second kappa shape index (κ2) is 16.3. The van der Waals surface area contributed by atoms with Gasteiger partial charge in [0.05, 0.1) is 6.57 Å². The van der Waals surface area contributed by atoms with Crippen LogP contribution in [0.25, 0.3) is 16.0 Å². The third kappa shape index (κ3) is 8.63. The summed E-state index contributed by atoms with van der Waals surface area (Å²) in [5.41, 5.74) is 4.93. The molecule has 0 fully saturated rings. The number of benzene rings is 4. The smallest absolute Gasteiger partial charge is 0.349 e. The number of hydrogen-bond donors (Lipinski definition) is 0. The first-order valence-electron chi connectivity index (χ1n) is 13.8. The van der Waals surface area contributed by atoms with E-state index in [1.165, 1.54) is 12.2 Å². The zero-order valence-electron chi connectivity index (χ0n) is 23.8. The molecule has 0 heterocycles. The number of hydrogen-bond acceptors (Lipinski definition) is 5. The Kier molecular flexibility index (Phi) is 11.4. The molecule has 0 saturated carbocycles. The lowest BCUT2D eigenvalue weighted by Crippen LogP contribution is -2.15. The van der Waals surface area contributed by atoms with E-state index in [2.05, 4.69) is 4.85 Å². The van der Waals surface area contributed by atoms with Crippen LogP contribution in [0.15, 0.2) is 157 Å². The monoisotopic (exact) mass is 576 g/mol. The van der Waals surface area contributed by atoms with E-state index in [0.29, 0.717) is 0 Å². The Bertz CT molecular complexity index is 1560. The molecule has 0 N–H and O–H groups in total. The van der Waals surface area contributed by atoms with Crippen molar-refractivity contribution in [1.29, 1.82) is 5.26 Å². The molecule has 0 aromatic heterocycles. The summed E-state index contributed by atoms with van der Waals surface area (Å²) < 4.78 is 10.3. The summed E-state index contributed by atoms with van der Waals surface area (Å²) in [6.45, 7) is 6.91. The van der Waals surface area contributed by atoms with E-state index in [9.17, 15) is 14.9 Å². The van der Waals surface area contributed by atoms with Gasteiger partial charge in [0, 0.05) is 0 Å². The third-order valence-corrected chi connectivity index (χ3v) is 6.38. The summed E-state index contributed by atoms with van der Waals surface area (Å²) in [7, 11) is 0. The summed E-state index contributed by atoms with van der Waals surface area (Å²) in [5, 5.41) is 9.59. The number of carbonyl (C=O) groups is 2. The minimum atomic E-state index is -0.848. The second-order valence-electron chi connectivity index (χ2n) is 9.25. The quantitative estimate of drug-likeness (QED) is 0.0459. The van der Waals surface area contributed by atoms with Gasteiger partial charge in [-0.25, -0.2) is 9.64 Å². The molecular weight excluding hydrogens is 548 g/mol. The van der Waals surface area contributed by atoms with Gasteiger partial charge >= 0.3 is 11.9 Å². The minimum absolute atomic E-state index is 0.207. The highest BCUT2D eigenvalue weighted by molar-refractivity contribution is 5.94. The van der Waals surface area contributed by atoms with Crippen molar-refractivity contribution in [2.45, 2.75) is 0 Å². The van der Waals surface area contributed by atoms with Crippen LogP contribution in [-0.2, 0) is 19.1 Å². The van der Waals surface area contributed by atoms with Crippen LogP contribution in [0.4, 0.5) is 0 Å². The molecule has 4 aromatic rings. The first kappa shape index (κ1) is 30.7. The molecule has 0 atom stereocenters. The van der Waals surface area contributed by atoms with Crippen LogP contribution in [0.5, 0.6) is 0 Å². The molecule has 44 heavy (non-hydrogen) atoms. The molecule has 0 bridgehead atoms. The fraction of sp³-hybridized carbons (Fsp3) is 0.0526. The highest BCUT2D eigenvalue weighted by atomic mass is 16.6. The predicted molar refractivity (Wildman–Crippen MR) is 170 cm³/mol. The van der Waals surface area contributed by atoms with Gasteiger partial charge in [-0.2, -0.15) is 5.26 Å². The van der Waals surface area contributed by atoms with Gasteiger partial charge in [-0.1, -0.05) is 133 Å². The Morgan fingerprint density at radius 2 is 0.955 bits per heavy atom. The zero-order valence-corrected chi connectivity index (χ0v) is 23.8. The summed E-state index contributed by atoms with van der Waals surface area (Å²) in [4.78, 5) is 28.5. The number of nitriles is 1. The molecule has 0 spiro atoms. The maximum atomic E-state index is 12.6. The van der Waals surface area contributed by atoms with E-state index in [4.69, 9.17) is 16.0 Å². The van der Waals surface area contributed by atoms with E-state index in [-0.39, 0.29) is 24.5 Å². The molecule has 214 valence electrons. The molecule has 0 aliphatic rings. The summed E-state index contributed by atoms with van der Waals surface area (Å²) in [6, 6.07) is 40.4. The Balaban J connectivity index is 1.40. The largest absolute Gasteiger partial charge is 0.467 e. The first-order valence-corrected chi connectivity index (χ1v) is 13.8. The lowest BCUT2D eigenvalue weighted by Gasteiger charge is -2.08. The molecule has 6 nitrogen and oxygen atoms in total. The standard InChI is InChI=1S/C38H28N2O4/c1-40-36(25-24-35(31-18-10-4-11-19-31)32-20-12-5-13-21-32)38(42)44-27-26-43-37(41)33(28-39)22-23-34(29-14-6-2-7-15-29)30-16-8-3-9-17-30/h2-25H,26-27H2/b33-22-,36-25+. The summed E-state index contributed by atoms with van der Waals surface area (Å²) >= 11 is 0. The molecule has 4 rings (SSSR count). The molecule has 0 amide bonds. The van der Waals surface area contributed by atoms with Crippen LogP contribution < -0.4 is 0 Å². The van der Waals surface area contributed by atoms with Gasteiger partial charge in [0.1, 0.15) is 24.9 Å². The molecule has 0 saturated heterocycles. The van der Waals surface area contributed by atoms with E-state index < -0.39 is 11.9 Å². The maximum Gasteiger partial charge on any atom is 0.349 e. The lowest BCUT2D eigenvalue weighted by atomic mass is 9.97. The average molecular weight is 577 g/mol. The topological polar surface area (TPSA) is 80.8 Å². The third-order valence-electron chi connectivity index (χ3n) is 6.38. The van der Waals surface area contributed by atoms with Crippen molar-refractivity contribution in [3.8, 4) is 6.07 Å². The molecule has 0 radical (unpaired) electrons. The lowest BCUT2D eigenvalue weighted by molar-refractivity contribution is -0.146. The van der Waals surface area contributed by atoms with Crippen molar-refractivity contribution in [2.75, 3.05) is 13.2 Å². The van der Waals surface area contributed by atoms with Crippen molar-refractivity contribution in [3.05, 3.63) is 191 Å². The number of esters is 2. The van der Waals surface area contributed by atoms with Crippen LogP contribution in [0.1, 0.15) is 22.3 Å². The summed E-state index contributed by atoms with van der Waals surface area (Å²) in [5.74, 6) is -1.69. The fourth-order valence-electron chi connectivity index (χ4n) is 4.24. The SMILES string of the molecule is [C-]#[N+]/C(=C/C=C(c1ccccc1)c1ccccc1)C(=O)OCCOC(=O)/C(C#N)=C\C=C(c1ccccc1)c1ccccc1. The molecular formula is C38H28N2O4. The maximum absolute atomic E-state index is 12.6. The Morgan fingerprint density at radius 1 is 0.591 bits per heavy atom. The second-order valence-corrected chi connectivity index (χ2v) is 9.25. The predicted octanol–water partition coefficient (Wildman–Crippen LogP) is 7.59. The van der Waals surface area contributed by atoms with Crippen molar-refractivity contribution in [2.24, 2.45) is 0 Å². The van der Waals surface area contributed by atoms with Crippen LogP contribution in [0.2, 0.25) is 0 Å². The molecule has 4 aromatic carbocycles. The normalized spacial score (nSPS) is 10.9. The Morgan fingerprint density at radius 3 is 1.32 bits per heavy atom. The zero-order chi connectivity index (χ0) is 31.0. The van der Waals surface area contributed by atoms with Gasteiger partial charge in [0.15, 0.2) is 0 Å². The first-order chi connectivity index (χ1) is 21.6. The van der Waals surface area contributed by atoms with Gasteiger partial charge in [-0.05, 0) is 45.6 Å². The van der Waals surface area contributed by atoms with Crippen LogP contribution in [0.3, 0.4) is 0 Å². The van der Waals surface area contributed by atoms with Gasteiger partial charge in [-0.3, -0.25) is 4.79 Å². The molecule has 0 unspecified atom stereocenters. The molecule has 0 aliphatic carbocycles. The average Bonchev–Trinajstić information content (AvgIpc) is 3.08. The van der Waals surface area contributed by atoms with Crippen molar-refractivity contribution in [3.63, 3.8) is 0 Å². The van der Waals surface area contributed by atoms with E-state index in [1.807, 2.05) is 127 Å². The highest BCUT2D eigenvalue weighted by Gasteiger charge is 2.14. The Hall–Kier alpha value is -6.24. The van der Waals surface area contributed by atoms with Gasteiger partial charge in [0.25, 0.3) is 5.70 Å². The van der Waals surface area contributed by atoms with Crippen LogP contribution in [-0.4, -0.2) is 25.2 Å². The van der Waals surface area contributed by atoms with Gasteiger partial charge in [0.2, 0.25) is 0 Å². The van der Waals surface area contributed by atoms with E-state index >= 15 is 0 Å². The van der Waals surface area contributed by atoms with Gasteiger partial charge < -0.3 is 9.47 Å². The number of carbonyl (C=O) groups excluding carboxylic acids is 2.